The molecule has 0 unspecified atom stereocenters. The van der Waals surface area contributed by atoms with Gasteiger partial charge in [-0.15, -0.1) is 0 Å². The minimum atomic E-state index is -2.94. The van der Waals surface area contributed by atoms with Crippen LogP contribution in [0.3, 0.4) is 0 Å². The molecule has 2 aliphatic rings. The van der Waals surface area contributed by atoms with Crippen LogP contribution in [0.2, 0.25) is 10.0 Å². The van der Waals surface area contributed by atoms with E-state index in [4.69, 9.17) is 23.2 Å². The van der Waals surface area contributed by atoms with Gasteiger partial charge in [0.25, 0.3) is 11.8 Å². The summed E-state index contributed by atoms with van der Waals surface area (Å²) in [4.78, 5) is 47.7. The van der Waals surface area contributed by atoms with Crippen LogP contribution in [0.25, 0.3) is 0 Å². The second-order valence-electron chi connectivity index (χ2n) is 10.0. The first kappa shape index (κ1) is 29.4. The number of pyridine rings is 1. The van der Waals surface area contributed by atoms with Crippen LogP contribution in [-0.2, 0) is 14.4 Å². The quantitative estimate of drug-likeness (QED) is 0.373. The number of carbonyl (C=O) groups is 3. The topological polar surface area (TPSA) is 106 Å². The van der Waals surface area contributed by atoms with Gasteiger partial charge in [-0.3, -0.25) is 24.2 Å². The molecular formula is C29H22Cl2F3N5O3. The van der Waals surface area contributed by atoms with Gasteiger partial charge < -0.3 is 5.32 Å². The van der Waals surface area contributed by atoms with Crippen molar-refractivity contribution in [2.75, 3.05) is 9.80 Å². The Hall–Kier alpha value is -4.14. The molecule has 2 heterocycles. The molecule has 1 N–H and O–H groups in total. The van der Waals surface area contributed by atoms with Crippen molar-refractivity contribution in [3.05, 3.63) is 87.8 Å². The molecule has 1 aliphatic carbocycles. The Morgan fingerprint density at radius 3 is 2.45 bits per heavy atom. The summed E-state index contributed by atoms with van der Waals surface area (Å²) in [5.41, 5.74) is 0.126. The first-order valence-electron chi connectivity index (χ1n) is 12.9. The Bertz CT molecular complexity index is 1590. The Balaban J connectivity index is 1.63. The van der Waals surface area contributed by atoms with E-state index in [0.717, 1.165) is 21.9 Å². The number of amides is 3. The summed E-state index contributed by atoms with van der Waals surface area (Å²) in [7, 11) is 0. The van der Waals surface area contributed by atoms with Crippen molar-refractivity contribution < 1.29 is 27.6 Å². The lowest BCUT2D eigenvalue weighted by Crippen LogP contribution is -2.56. The average Bonchev–Trinajstić information content (AvgIpc) is 3.32. The van der Waals surface area contributed by atoms with E-state index in [9.17, 15) is 32.8 Å². The fourth-order valence-electron chi connectivity index (χ4n) is 5.21. The van der Waals surface area contributed by atoms with Crippen LogP contribution in [0.4, 0.5) is 24.7 Å². The molecule has 5 rings (SSSR count). The van der Waals surface area contributed by atoms with Gasteiger partial charge in [-0.1, -0.05) is 35.3 Å². The molecule has 2 atom stereocenters. The van der Waals surface area contributed by atoms with Gasteiger partial charge in [0.15, 0.2) is 0 Å². The van der Waals surface area contributed by atoms with Crippen molar-refractivity contribution in [2.45, 2.75) is 49.7 Å². The average molecular weight is 616 g/mol. The number of carbonyl (C=O) groups excluding carboxylic acids is 3. The molecule has 1 aromatic heterocycles. The lowest BCUT2D eigenvalue weighted by atomic mass is 9.87. The van der Waals surface area contributed by atoms with Crippen molar-refractivity contribution in [2.24, 2.45) is 0 Å². The number of halogens is 5. The van der Waals surface area contributed by atoms with E-state index >= 15 is 0 Å². The maximum atomic E-state index is 14.6. The predicted molar refractivity (Wildman–Crippen MR) is 149 cm³/mol. The maximum Gasteiger partial charge on any atom is 0.252 e. The second-order valence-corrected chi connectivity index (χ2v) is 10.8. The van der Waals surface area contributed by atoms with Crippen LogP contribution in [0, 0.1) is 17.1 Å². The van der Waals surface area contributed by atoms with Gasteiger partial charge in [-0.25, -0.2) is 18.2 Å². The monoisotopic (exact) mass is 615 g/mol. The molecule has 0 bridgehead atoms. The van der Waals surface area contributed by atoms with E-state index in [-0.39, 0.29) is 45.5 Å². The number of rotatable bonds is 7. The highest BCUT2D eigenvalue weighted by molar-refractivity contribution is 6.36. The van der Waals surface area contributed by atoms with E-state index in [0.29, 0.717) is 0 Å². The lowest BCUT2D eigenvalue weighted by molar-refractivity contribution is -0.133. The third-order valence-electron chi connectivity index (χ3n) is 7.16. The summed E-state index contributed by atoms with van der Waals surface area (Å²) in [6, 6.07) is 10.3. The van der Waals surface area contributed by atoms with Gasteiger partial charge >= 0.3 is 0 Å². The molecule has 1 saturated heterocycles. The fourth-order valence-corrected chi connectivity index (χ4v) is 5.81. The van der Waals surface area contributed by atoms with E-state index in [1.165, 1.54) is 48.7 Å². The molecule has 216 valence electrons. The number of nitrogens with zero attached hydrogens (tertiary/aromatic N) is 4. The molecule has 13 heteroatoms. The number of nitrogens with one attached hydrogen (secondary N) is 1. The van der Waals surface area contributed by atoms with Gasteiger partial charge in [-0.05, 0) is 48.9 Å². The highest BCUT2D eigenvalue weighted by Gasteiger charge is 2.49. The van der Waals surface area contributed by atoms with Crippen LogP contribution in [0.15, 0.2) is 60.8 Å². The van der Waals surface area contributed by atoms with Crippen molar-refractivity contribution in [1.29, 1.82) is 5.26 Å². The second kappa shape index (κ2) is 11.6. The summed E-state index contributed by atoms with van der Waals surface area (Å²) < 4.78 is 41.8. The number of alkyl halides is 2. The van der Waals surface area contributed by atoms with Crippen LogP contribution >= 0.6 is 23.2 Å². The number of nitriles is 1. The Morgan fingerprint density at radius 2 is 1.81 bits per heavy atom. The van der Waals surface area contributed by atoms with E-state index < -0.39 is 60.4 Å². The van der Waals surface area contributed by atoms with E-state index in [1.807, 2.05) is 6.07 Å². The Kier molecular flexibility index (Phi) is 8.12. The van der Waals surface area contributed by atoms with Crippen LogP contribution in [0.5, 0.6) is 0 Å². The van der Waals surface area contributed by atoms with Gasteiger partial charge in [0, 0.05) is 52.8 Å². The summed E-state index contributed by atoms with van der Waals surface area (Å²) in [5, 5.41) is 11.9. The van der Waals surface area contributed by atoms with Crippen LogP contribution < -0.4 is 15.1 Å². The van der Waals surface area contributed by atoms with Crippen molar-refractivity contribution in [3.63, 3.8) is 0 Å². The summed E-state index contributed by atoms with van der Waals surface area (Å²) in [6.07, 6.45) is 0.0938. The molecule has 42 heavy (non-hydrogen) atoms. The third-order valence-corrected chi connectivity index (χ3v) is 7.82. The zero-order valence-corrected chi connectivity index (χ0v) is 23.2. The standard InChI is InChI=1S/C29H22Cl2F3N5O3/c30-20-5-2-6-21(31)25(20)26(27(41)37-18-13-29(33,34)14-18)38(19-4-1-3-17(32)12-19)28(42)22-7-8-24(40)39(22)23-11-16(15-35)9-10-36-23/h1-6,9-12,18,22,26H,7-8,13-14H2,(H,37,41)/t22-,26-/m0/s1. The molecule has 3 aromatic rings. The molecule has 1 aliphatic heterocycles. The minimum Gasteiger partial charge on any atom is -0.351 e. The Morgan fingerprint density at radius 1 is 1.12 bits per heavy atom. The number of benzene rings is 2. The number of hydrogen-bond acceptors (Lipinski definition) is 5. The normalized spacial score (nSPS) is 18.6. The Labute approximate surface area is 248 Å². The molecule has 1 saturated carbocycles. The van der Waals surface area contributed by atoms with Gasteiger partial charge in [0.05, 0.1) is 11.6 Å². The van der Waals surface area contributed by atoms with Crippen molar-refractivity contribution in [1.82, 2.24) is 10.3 Å². The van der Waals surface area contributed by atoms with Crippen LogP contribution in [-0.4, -0.2) is 40.7 Å². The van der Waals surface area contributed by atoms with Crippen LogP contribution in [0.1, 0.15) is 42.9 Å². The number of anilines is 2. The smallest absolute Gasteiger partial charge is 0.252 e. The van der Waals surface area contributed by atoms with Gasteiger partial charge in [0.1, 0.15) is 23.7 Å². The third kappa shape index (κ3) is 5.78. The van der Waals surface area contributed by atoms with Crippen molar-refractivity contribution >= 4 is 52.4 Å². The minimum absolute atomic E-state index is 0.00136. The number of aromatic nitrogens is 1. The molecule has 0 spiro atoms. The summed E-state index contributed by atoms with van der Waals surface area (Å²) in [6.45, 7) is 0. The fraction of sp³-hybridized carbons (Fsp3) is 0.276. The molecule has 3 amide bonds. The zero-order valence-electron chi connectivity index (χ0n) is 21.7. The molecule has 2 fully saturated rings. The molecular weight excluding hydrogens is 594 g/mol. The molecule has 0 radical (unpaired) electrons. The van der Waals surface area contributed by atoms with E-state index in [1.54, 1.807) is 0 Å². The highest BCUT2D eigenvalue weighted by Crippen LogP contribution is 2.41. The first-order chi connectivity index (χ1) is 20.0. The summed E-state index contributed by atoms with van der Waals surface area (Å²) in [5.74, 6) is -5.75. The maximum absolute atomic E-state index is 14.6. The van der Waals surface area contributed by atoms with Gasteiger partial charge in [-0.2, -0.15) is 5.26 Å². The number of hydrogen-bond donors (Lipinski definition) is 1. The SMILES string of the molecule is N#Cc1ccnc(N2C(=O)CC[C@H]2C(=O)N(c2cccc(F)c2)[C@H](C(=O)NC2CC(F)(F)C2)c2c(Cl)cccc2Cl)c1. The largest absolute Gasteiger partial charge is 0.351 e. The zero-order chi connectivity index (χ0) is 30.2. The predicted octanol–water partition coefficient (Wildman–Crippen LogP) is 5.58. The highest BCUT2D eigenvalue weighted by atomic mass is 35.5. The van der Waals surface area contributed by atoms with E-state index in [2.05, 4.69) is 10.3 Å². The first-order valence-corrected chi connectivity index (χ1v) is 13.6. The molecule has 2 aromatic carbocycles. The lowest BCUT2D eigenvalue weighted by Gasteiger charge is -2.39. The summed E-state index contributed by atoms with van der Waals surface area (Å²) >= 11 is 13.0. The van der Waals surface area contributed by atoms with Crippen molar-refractivity contribution in [3.8, 4) is 6.07 Å². The van der Waals surface area contributed by atoms with Gasteiger partial charge in [0.2, 0.25) is 11.8 Å². The molecule has 8 nitrogen and oxygen atoms in total.